The second-order valence-electron chi connectivity index (χ2n) is 6.81. The minimum absolute atomic E-state index is 0.123. The molecule has 1 amide bonds. The molecule has 0 aliphatic rings. The van der Waals surface area contributed by atoms with Gasteiger partial charge in [-0.1, -0.05) is 41.9 Å². The second-order valence-corrected chi connectivity index (χ2v) is 7.25. The third-order valence-electron chi connectivity index (χ3n) is 4.81. The average Bonchev–Trinajstić information content (AvgIpc) is 3.08. The number of rotatable bonds is 7. The van der Waals surface area contributed by atoms with Crippen molar-refractivity contribution >= 4 is 46.3 Å². The summed E-state index contributed by atoms with van der Waals surface area (Å²) in [5.41, 5.74) is 3.86. The van der Waals surface area contributed by atoms with Gasteiger partial charge in [-0.2, -0.15) is 5.10 Å². The van der Waals surface area contributed by atoms with E-state index in [-0.39, 0.29) is 6.42 Å². The monoisotopic (exact) mass is 419 g/mol. The maximum absolute atomic E-state index is 11.6. The van der Waals surface area contributed by atoms with E-state index in [1.807, 2.05) is 48.5 Å². The third kappa shape index (κ3) is 4.04. The van der Waals surface area contributed by atoms with E-state index in [1.165, 1.54) is 4.90 Å². The molecule has 4 rings (SSSR count). The van der Waals surface area contributed by atoms with Crippen molar-refractivity contribution in [3.8, 4) is 0 Å². The van der Waals surface area contributed by atoms with Crippen molar-refractivity contribution < 1.29 is 14.7 Å². The first-order chi connectivity index (χ1) is 14.5. The molecule has 150 valence electrons. The Morgan fingerprint density at radius 3 is 2.27 bits per heavy atom. The van der Waals surface area contributed by atoms with Crippen molar-refractivity contribution in [2.24, 2.45) is 0 Å². The molecular formula is C23H18ClN3O3. The second kappa shape index (κ2) is 8.39. The number of anilines is 2. The van der Waals surface area contributed by atoms with Gasteiger partial charge < -0.3 is 5.11 Å². The summed E-state index contributed by atoms with van der Waals surface area (Å²) in [6, 6.07) is 22.2. The SMILES string of the molecule is O=CN(c1ccc(Cl)cc1)c1ccc(Cn2nc(CC(=O)O)c3ccccc32)cc1. The highest BCUT2D eigenvalue weighted by Crippen LogP contribution is 2.26. The number of nitrogens with zero attached hydrogens (tertiary/aromatic N) is 3. The number of amides is 1. The quantitative estimate of drug-likeness (QED) is 0.442. The summed E-state index contributed by atoms with van der Waals surface area (Å²) in [6.45, 7) is 0.489. The zero-order chi connectivity index (χ0) is 21.1. The minimum atomic E-state index is -0.911. The molecule has 0 saturated carbocycles. The molecule has 0 aliphatic heterocycles. The molecule has 3 aromatic carbocycles. The number of aliphatic carboxylic acids is 1. The molecule has 0 atom stereocenters. The fraction of sp³-hybridized carbons (Fsp3) is 0.0870. The average molecular weight is 420 g/mol. The van der Waals surface area contributed by atoms with Crippen molar-refractivity contribution in [3.05, 3.63) is 89.1 Å². The van der Waals surface area contributed by atoms with Gasteiger partial charge >= 0.3 is 5.97 Å². The first-order valence-corrected chi connectivity index (χ1v) is 9.68. The fourth-order valence-electron chi connectivity index (χ4n) is 3.40. The van der Waals surface area contributed by atoms with Crippen LogP contribution in [0.3, 0.4) is 0 Å². The number of para-hydroxylation sites is 1. The lowest BCUT2D eigenvalue weighted by Gasteiger charge is -2.18. The third-order valence-corrected chi connectivity index (χ3v) is 5.06. The van der Waals surface area contributed by atoms with Crippen LogP contribution in [-0.2, 0) is 22.6 Å². The number of fused-ring (bicyclic) bond motifs is 1. The largest absolute Gasteiger partial charge is 0.481 e. The molecule has 1 aromatic heterocycles. The number of aromatic nitrogens is 2. The van der Waals surface area contributed by atoms with Gasteiger partial charge in [0.25, 0.3) is 0 Å². The van der Waals surface area contributed by atoms with E-state index in [0.717, 1.165) is 34.3 Å². The summed E-state index contributed by atoms with van der Waals surface area (Å²) in [5, 5.41) is 15.1. The normalized spacial score (nSPS) is 10.8. The molecular weight excluding hydrogens is 402 g/mol. The van der Waals surface area contributed by atoms with Gasteiger partial charge in [-0.3, -0.25) is 19.2 Å². The van der Waals surface area contributed by atoms with Crippen LogP contribution < -0.4 is 4.90 Å². The van der Waals surface area contributed by atoms with Crippen molar-refractivity contribution in [1.29, 1.82) is 0 Å². The Balaban J connectivity index is 1.60. The minimum Gasteiger partial charge on any atom is -0.481 e. The van der Waals surface area contributed by atoms with Gasteiger partial charge in [0, 0.05) is 21.8 Å². The fourth-order valence-corrected chi connectivity index (χ4v) is 3.52. The van der Waals surface area contributed by atoms with Crippen LogP contribution in [0.15, 0.2) is 72.8 Å². The summed E-state index contributed by atoms with van der Waals surface area (Å²) in [5.74, 6) is -0.911. The molecule has 0 spiro atoms. The van der Waals surface area contributed by atoms with E-state index >= 15 is 0 Å². The van der Waals surface area contributed by atoms with Crippen molar-refractivity contribution in [2.75, 3.05) is 4.90 Å². The van der Waals surface area contributed by atoms with E-state index in [4.69, 9.17) is 16.7 Å². The van der Waals surface area contributed by atoms with Crippen LogP contribution in [0, 0.1) is 0 Å². The lowest BCUT2D eigenvalue weighted by molar-refractivity contribution is -0.136. The molecule has 0 radical (unpaired) electrons. The highest BCUT2D eigenvalue weighted by molar-refractivity contribution is 6.30. The van der Waals surface area contributed by atoms with E-state index < -0.39 is 5.97 Å². The van der Waals surface area contributed by atoms with Gasteiger partial charge in [0.1, 0.15) is 0 Å². The number of carboxylic acids is 1. The predicted octanol–water partition coefficient (Wildman–Crippen LogP) is 4.66. The number of benzene rings is 3. The Morgan fingerprint density at radius 2 is 1.63 bits per heavy atom. The van der Waals surface area contributed by atoms with Gasteiger partial charge in [-0.15, -0.1) is 0 Å². The number of halogens is 1. The summed E-state index contributed by atoms with van der Waals surface area (Å²) < 4.78 is 1.80. The smallest absolute Gasteiger partial charge is 0.309 e. The molecule has 0 unspecified atom stereocenters. The van der Waals surface area contributed by atoms with E-state index in [9.17, 15) is 9.59 Å². The molecule has 0 fully saturated rings. The van der Waals surface area contributed by atoms with Crippen LogP contribution in [0.25, 0.3) is 10.9 Å². The lowest BCUT2D eigenvalue weighted by atomic mass is 10.1. The Hall–Kier alpha value is -3.64. The molecule has 6 nitrogen and oxygen atoms in total. The Labute approximate surface area is 177 Å². The topological polar surface area (TPSA) is 75.4 Å². The summed E-state index contributed by atoms with van der Waals surface area (Å²) in [6.07, 6.45) is 0.638. The van der Waals surface area contributed by atoms with Crippen molar-refractivity contribution in [2.45, 2.75) is 13.0 Å². The van der Waals surface area contributed by atoms with E-state index in [0.29, 0.717) is 17.3 Å². The highest BCUT2D eigenvalue weighted by Gasteiger charge is 2.14. The van der Waals surface area contributed by atoms with Gasteiger partial charge in [0.2, 0.25) is 6.41 Å². The molecule has 7 heteroatoms. The lowest BCUT2D eigenvalue weighted by Crippen LogP contribution is -2.14. The van der Waals surface area contributed by atoms with Crippen LogP contribution in [0.4, 0.5) is 11.4 Å². The van der Waals surface area contributed by atoms with Gasteiger partial charge in [0.05, 0.1) is 24.2 Å². The highest BCUT2D eigenvalue weighted by atomic mass is 35.5. The van der Waals surface area contributed by atoms with Crippen LogP contribution >= 0.6 is 11.6 Å². The molecule has 4 aromatic rings. The first-order valence-electron chi connectivity index (χ1n) is 9.30. The Bertz CT molecular complexity index is 1200. The number of carbonyl (C=O) groups excluding carboxylic acids is 1. The maximum Gasteiger partial charge on any atom is 0.309 e. The maximum atomic E-state index is 11.6. The first kappa shape index (κ1) is 19.7. The van der Waals surface area contributed by atoms with Crippen molar-refractivity contribution in [3.63, 3.8) is 0 Å². The molecule has 0 saturated heterocycles. The van der Waals surface area contributed by atoms with Crippen molar-refractivity contribution in [1.82, 2.24) is 9.78 Å². The predicted molar refractivity (Wildman–Crippen MR) is 116 cm³/mol. The Kier molecular flexibility index (Phi) is 5.50. The summed E-state index contributed by atoms with van der Waals surface area (Å²) in [4.78, 5) is 24.3. The van der Waals surface area contributed by atoms with Gasteiger partial charge in [-0.05, 0) is 48.0 Å². The van der Waals surface area contributed by atoms with Gasteiger partial charge in [-0.25, -0.2) is 0 Å². The molecule has 1 heterocycles. The molecule has 30 heavy (non-hydrogen) atoms. The molecule has 0 bridgehead atoms. The summed E-state index contributed by atoms with van der Waals surface area (Å²) in [7, 11) is 0. The number of carbonyl (C=O) groups is 2. The Morgan fingerprint density at radius 1 is 1.00 bits per heavy atom. The number of carboxylic acid groups (broad SMARTS) is 1. The zero-order valence-electron chi connectivity index (χ0n) is 15.9. The molecule has 0 aliphatic carbocycles. The standard InChI is InChI=1S/C23H18ClN3O3/c24-17-7-11-19(12-8-17)26(15-28)18-9-5-16(6-10-18)14-27-22-4-2-1-3-20(22)21(25-27)13-23(29)30/h1-12,15H,13-14H2,(H,29,30). The van der Waals surface area contributed by atoms with Crippen LogP contribution in [0.5, 0.6) is 0 Å². The van der Waals surface area contributed by atoms with E-state index in [2.05, 4.69) is 5.10 Å². The van der Waals surface area contributed by atoms with Crippen LogP contribution in [0.1, 0.15) is 11.3 Å². The number of hydrogen-bond acceptors (Lipinski definition) is 3. The number of hydrogen-bond donors (Lipinski definition) is 1. The summed E-state index contributed by atoms with van der Waals surface area (Å²) >= 11 is 5.93. The van der Waals surface area contributed by atoms with Crippen LogP contribution in [0.2, 0.25) is 5.02 Å². The zero-order valence-corrected chi connectivity index (χ0v) is 16.7. The van der Waals surface area contributed by atoms with Gasteiger partial charge in [0.15, 0.2) is 0 Å². The molecule has 1 N–H and O–H groups in total. The van der Waals surface area contributed by atoms with Crippen LogP contribution in [-0.4, -0.2) is 27.3 Å². The van der Waals surface area contributed by atoms with E-state index in [1.54, 1.807) is 28.9 Å².